The van der Waals surface area contributed by atoms with E-state index in [2.05, 4.69) is 24.1 Å². The molecule has 0 fully saturated rings. The Bertz CT molecular complexity index is 263. The van der Waals surface area contributed by atoms with Crippen LogP contribution in [0.4, 0.5) is 10.2 Å². The highest BCUT2D eigenvalue weighted by Crippen LogP contribution is 2.09. The van der Waals surface area contributed by atoms with Gasteiger partial charge in [0.05, 0.1) is 0 Å². The van der Waals surface area contributed by atoms with Gasteiger partial charge in [-0.25, -0.2) is 9.37 Å². The van der Waals surface area contributed by atoms with Crippen LogP contribution in [0.3, 0.4) is 0 Å². The molecule has 2 nitrogen and oxygen atoms in total. The normalized spacial score (nSPS) is 12.5. The average Bonchev–Trinajstić information content (AvgIpc) is 2.16. The molecule has 3 heteroatoms. The van der Waals surface area contributed by atoms with E-state index in [4.69, 9.17) is 0 Å². The van der Waals surface area contributed by atoms with Crippen LogP contribution in [0.25, 0.3) is 0 Å². The Morgan fingerprint density at radius 3 is 3.00 bits per heavy atom. The van der Waals surface area contributed by atoms with Gasteiger partial charge in [-0.2, -0.15) is 0 Å². The molecule has 1 aromatic heterocycles. The highest BCUT2D eigenvalue weighted by molar-refractivity contribution is 5.35. The molecule has 0 spiro atoms. The molecule has 1 aromatic rings. The second kappa shape index (κ2) is 4.80. The van der Waals surface area contributed by atoms with Crippen molar-refractivity contribution in [3.63, 3.8) is 0 Å². The van der Waals surface area contributed by atoms with Gasteiger partial charge >= 0.3 is 0 Å². The number of anilines is 1. The van der Waals surface area contributed by atoms with Gasteiger partial charge < -0.3 is 5.32 Å². The Morgan fingerprint density at radius 2 is 2.38 bits per heavy atom. The summed E-state index contributed by atoms with van der Waals surface area (Å²) in [5.41, 5.74) is 0. The van der Waals surface area contributed by atoms with Crippen molar-refractivity contribution < 1.29 is 4.39 Å². The minimum absolute atomic E-state index is 0.286. The van der Waals surface area contributed by atoms with Gasteiger partial charge in [0.1, 0.15) is 0 Å². The fourth-order valence-corrected chi connectivity index (χ4v) is 0.931. The van der Waals surface area contributed by atoms with Crippen molar-refractivity contribution in [2.24, 2.45) is 5.92 Å². The highest BCUT2D eigenvalue weighted by atomic mass is 19.1. The minimum Gasteiger partial charge on any atom is -0.367 e. The highest BCUT2D eigenvalue weighted by Gasteiger charge is 2.03. The summed E-state index contributed by atoms with van der Waals surface area (Å²) in [5.74, 6) is 0.606. The van der Waals surface area contributed by atoms with E-state index >= 15 is 0 Å². The molecular weight excluding hydrogens is 167 g/mol. The minimum atomic E-state index is -0.286. The van der Waals surface area contributed by atoms with Crippen LogP contribution in [0.2, 0.25) is 0 Å². The van der Waals surface area contributed by atoms with Gasteiger partial charge in [0.25, 0.3) is 0 Å². The summed E-state index contributed by atoms with van der Waals surface area (Å²) >= 11 is 0. The summed E-state index contributed by atoms with van der Waals surface area (Å²) < 4.78 is 13.0. The summed E-state index contributed by atoms with van der Waals surface area (Å²) in [6.07, 6.45) is 2.67. The molecule has 0 aliphatic carbocycles. The van der Waals surface area contributed by atoms with Crippen molar-refractivity contribution in [3.05, 3.63) is 24.1 Å². The molecule has 0 aliphatic rings. The lowest BCUT2D eigenvalue weighted by atomic mass is 10.1. The molecule has 1 rings (SSSR count). The molecule has 1 N–H and O–H groups in total. The third kappa shape index (κ3) is 3.01. The lowest BCUT2D eigenvalue weighted by Gasteiger charge is -2.10. The molecule has 0 aliphatic heterocycles. The molecule has 0 aromatic carbocycles. The van der Waals surface area contributed by atoms with Crippen molar-refractivity contribution >= 4 is 5.82 Å². The van der Waals surface area contributed by atoms with Crippen molar-refractivity contribution in [1.82, 2.24) is 4.98 Å². The predicted molar refractivity (Wildman–Crippen MR) is 52.1 cm³/mol. The number of pyridine rings is 1. The second-order valence-corrected chi connectivity index (χ2v) is 3.23. The first-order valence-electron chi connectivity index (χ1n) is 4.58. The van der Waals surface area contributed by atoms with Gasteiger partial charge in [-0.3, -0.25) is 0 Å². The van der Waals surface area contributed by atoms with Gasteiger partial charge in [-0.05, 0) is 18.1 Å². The molecule has 1 heterocycles. The average molecular weight is 182 g/mol. The quantitative estimate of drug-likeness (QED) is 0.774. The lowest BCUT2D eigenvalue weighted by Crippen LogP contribution is -2.12. The van der Waals surface area contributed by atoms with E-state index in [1.54, 1.807) is 12.3 Å². The first-order valence-corrected chi connectivity index (χ1v) is 4.58. The van der Waals surface area contributed by atoms with Crippen LogP contribution >= 0.6 is 0 Å². The van der Waals surface area contributed by atoms with E-state index in [-0.39, 0.29) is 5.82 Å². The monoisotopic (exact) mass is 182 g/mol. The SMILES string of the molecule is CCC(C)CNc1ncccc1F. The summed E-state index contributed by atoms with van der Waals surface area (Å²) in [4.78, 5) is 3.90. The van der Waals surface area contributed by atoms with Gasteiger partial charge in [0, 0.05) is 12.7 Å². The number of nitrogens with one attached hydrogen (secondary N) is 1. The van der Waals surface area contributed by atoms with Crippen LogP contribution in [0.5, 0.6) is 0 Å². The molecule has 0 bridgehead atoms. The van der Waals surface area contributed by atoms with E-state index in [0.717, 1.165) is 13.0 Å². The third-order valence-corrected chi connectivity index (χ3v) is 2.07. The molecule has 0 radical (unpaired) electrons. The van der Waals surface area contributed by atoms with Crippen LogP contribution in [-0.4, -0.2) is 11.5 Å². The van der Waals surface area contributed by atoms with Gasteiger partial charge in [0.15, 0.2) is 11.6 Å². The number of hydrogen-bond acceptors (Lipinski definition) is 2. The fraction of sp³-hybridized carbons (Fsp3) is 0.500. The zero-order chi connectivity index (χ0) is 9.68. The van der Waals surface area contributed by atoms with Gasteiger partial charge in [-0.1, -0.05) is 20.3 Å². The molecule has 1 unspecified atom stereocenters. The van der Waals surface area contributed by atoms with Crippen molar-refractivity contribution in [1.29, 1.82) is 0 Å². The fourth-order valence-electron chi connectivity index (χ4n) is 0.931. The lowest BCUT2D eigenvalue weighted by molar-refractivity contribution is 0.582. The first-order chi connectivity index (χ1) is 6.24. The van der Waals surface area contributed by atoms with Gasteiger partial charge in [0.2, 0.25) is 0 Å². The number of rotatable bonds is 4. The number of aromatic nitrogens is 1. The molecule has 1 atom stereocenters. The van der Waals surface area contributed by atoms with Crippen LogP contribution < -0.4 is 5.32 Å². The molecule has 0 saturated heterocycles. The smallest absolute Gasteiger partial charge is 0.165 e. The van der Waals surface area contributed by atoms with E-state index in [9.17, 15) is 4.39 Å². The largest absolute Gasteiger partial charge is 0.367 e. The Balaban J connectivity index is 2.50. The Morgan fingerprint density at radius 1 is 1.62 bits per heavy atom. The molecule has 13 heavy (non-hydrogen) atoms. The standard InChI is InChI=1S/C10H15FN2/c1-3-8(2)7-13-10-9(11)5-4-6-12-10/h4-6,8H,3,7H2,1-2H3,(H,12,13). The topological polar surface area (TPSA) is 24.9 Å². The third-order valence-electron chi connectivity index (χ3n) is 2.07. The maximum absolute atomic E-state index is 13.0. The number of halogens is 1. The van der Waals surface area contributed by atoms with E-state index in [1.165, 1.54) is 6.07 Å². The Kier molecular flexibility index (Phi) is 3.68. The molecule has 0 amide bonds. The molecule has 72 valence electrons. The summed E-state index contributed by atoms with van der Waals surface area (Å²) in [6, 6.07) is 3.00. The first kappa shape index (κ1) is 9.96. The van der Waals surface area contributed by atoms with E-state index < -0.39 is 0 Å². The van der Waals surface area contributed by atoms with Crippen molar-refractivity contribution in [2.45, 2.75) is 20.3 Å². The van der Waals surface area contributed by atoms with Crippen LogP contribution in [0, 0.1) is 11.7 Å². The van der Waals surface area contributed by atoms with Crippen molar-refractivity contribution in [3.8, 4) is 0 Å². The maximum Gasteiger partial charge on any atom is 0.165 e. The molecular formula is C10H15FN2. The Hall–Kier alpha value is -1.12. The van der Waals surface area contributed by atoms with E-state index in [1.807, 2.05) is 0 Å². The summed E-state index contributed by atoms with van der Waals surface area (Å²) in [5, 5.41) is 2.98. The number of hydrogen-bond donors (Lipinski definition) is 1. The number of nitrogens with zero attached hydrogens (tertiary/aromatic N) is 1. The zero-order valence-electron chi connectivity index (χ0n) is 8.05. The zero-order valence-corrected chi connectivity index (χ0v) is 8.05. The molecule has 0 saturated carbocycles. The second-order valence-electron chi connectivity index (χ2n) is 3.23. The maximum atomic E-state index is 13.0. The summed E-state index contributed by atoms with van der Waals surface area (Å²) in [7, 11) is 0. The van der Waals surface area contributed by atoms with Crippen LogP contribution in [0.1, 0.15) is 20.3 Å². The van der Waals surface area contributed by atoms with Crippen LogP contribution in [-0.2, 0) is 0 Å². The van der Waals surface area contributed by atoms with Crippen LogP contribution in [0.15, 0.2) is 18.3 Å². The predicted octanol–water partition coefficient (Wildman–Crippen LogP) is 2.68. The van der Waals surface area contributed by atoms with Gasteiger partial charge in [-0.15, -0.1) is 0 Å². The van der Waals surface area contributed by atoms with Crippen molar-refractivity contribution in [2.75, 3.05) is 11.9 Å². The van der Waals surface area contributed by atoms with E-state index in [0.29, 0.717) is 11.7 Å². The Labute approximate surface area is 78.2 Å². The summed E-state index contributed by atoms with van der Waals surface area (Å²) in [6.45, 7) is 5.00.